The number of benzene rings is 3. The van der Waals surface area contributed by atoms with Crippen molar-refractivity contribution < 1.29 is 5.11 Å². The predicted octanol–water partition coefficient (Wildman–Crippen LogP) is 4.36. The lowest BCUT2D eigenvalue weighted by Gasteiger charge is -2.19. The monoisotopic (exact) mass is 444 g/mol. The molecule has 0 bridgehead atoms. The van der Waals surface area contributed by atoms with E-state index in [0.717, 1.165) is 22.4 Å². The van der Waals surface area contributed by atoms with Gasteiger partial charge in [0.05, 0.1) is 16.3 Å². The fourth-order valence-electron chi connectivity index (χ4n) is 3.62. The average molecular weight is 445 g/mol. The highest BCUT2D eigenvalue weighted by Gasteiger charge is 2.22. The quantitative estimate of drug-likeness (QED) is 0.510. The van der Waals surface area contributed by atoms with Crippen molar-refractivity contribution in [1.29, 1.82) is 0 Å². The third-order valence-corrected chi connectivity index (χ3v) is 6.33. The number of aromatic hydroxyl groups is 1. The topological polar surface area (TPSA) is 54.6 Å². The van der Waals surface area contributed by atoms with Crippen LogP contribution in [0.25, 0.3) is 11.8 Å². The summed E-state index contributed by atoms with van der Waals surface area (Å²) >= 11 is 7.43. The first-order valence-corrected chi connectivity index (χ1v) is 10.9. The van der Waals surface area contributed by atoms with E-state index in [1.165, 1.54) is 11.3 Å². The minimum absolute atomic E-state index is 0.115. The van der Waals surface area contributed by atoms with Gasteiger partial charge in [-0.2, -0.15) is 0 Å². The predicted molar refractivity (Wildman–Crippen MR) is 125 cm³/mol. The van der Waals surface area contributed by atoms with Gasteiger partial charge in [0.2, 0.25) is 0 Å². The van der Waals surface area contributed by atoms with E-state index >= 15 is 0 Å². The number of allylic oxidation sites excluding steroid dienone is 1. The molecule has 2 heterocycles. The minimum Gasteiger partial charge on any atom is -0.508 e. The highest BCUT2D eigenvalue weighted by atomic mass is 35.5. The van der Waals surface area contributed by atoms with Gasteiger partial charge in [0, 0.05) is 5.02 Å². The molecule has 0 spiro atoms. The van der Waals surface area contributed by atoms with Gasteiger partial charge in [0.25, 0.3) is 5.56 Å². The highest BCUT2D eigenvalue weighted by Crippen LogP contribution is 2.27. The van der Waals surface area contributed by atoms with Crippen molar-refractivity contribution >= 4 is 34.7 Å². The Morgan fingerprint density at radius 2 is 1.77 bits per heavy atom. The molecule has 1 atom stereocenters. The van der Waals surface area contributed by atoms with E-state index in [0.29, 0.717) is 14.4 Å². The number of phenols is 1. The number of halogens is 1. The lowest BCUT2D eigenvalue weighted by Crippen LogP contribution is -2.36. The van der Waals surface area contributed by atoms with Crippen molar-refractivity contribution in [2.24, 2.45) is 4.99 Å². The molecule has 0 aliphatic carbocycles. The summed E-state index contributed by atoms with van der Waals surface area (Å²) in [6, 6.07) is 24.0. The van der Waals surface area contributed by atoms with Crippen LogP contribution in [0.5, 0.6) is 5.75 Å². The van der Waals surface area contributed by atoms with E-state index in [1.54, 1.807) is 28.8 Å². The van der Waals surface area contributed by atoms with Crippen molar-refractivity contribution in [3.8, 4) is 5.75 Å². The van der Waals surface area contributed by atoms with Crippen molar-refractivity contribution in [1.82, 2.24) is 4.57 Å². The normalized spacial score (nSPS) is 15.8. The molecule has 0 saturated carbocycles. The minimum atomic E-state index is -0.296. The van der Waals surface area contributed by atoms with E-state index in [-0.39, 0.29) is 17.4 Å². The molecule has 1 aliphatic rings. The van der Waals surface area contributed by atoms with Crippen LogP contribution in [-0.4, -0.2) is 9.67 Å². The maximum absolute atomic E-state index is 13.4. The fourth-order valence-corrected chi connectivity index (χ4v) is 4.76. The third kappa shape index (κ3) is 3.85. The molecule has 5 rings (SSSR count). The lowest BCUT2D eigenvalue weighted by atomic mass is 10.0. The first-order valence-electron chi connectivity index (χ1n) is 9.72. The zero-order chi connectivity index (χ0) is 21.4. The van der Waals surface area contributed by atoms with Crippen LogP contribution in [0.3, 0.4) is 0 Å². The number of fused-ring (bicyclic) bond motifs is 1. The summed E-state index contributed by atoms with van der Waals surface area (Å²) < 4.78 is 2.28. The Hall–Kier alpha value is -3.41. The molecule has 4 aromatic rings. The average Bonchev–Trinajstić information content (AvgIpc) is 3.09. The maximum atomic E-state index is 13.4. The van der Waals surface area contributed by atoms with Gasteiger partial charge in [0.1, 0.15) is 5.75 Å². The molecule has 152 valence electrons. The summed E-state index contributed by atoms with van der Waals surface area (Å²) in [6.45, 7) is 0. The Kier molecular flexibility index (Phi) is 5.06. The van der Waals surface area contributed by atoms with Crippen LogP contribution < -0.4 is 14.9 Å². The number of aromatic nitrogens is 1. The summed E-state index contributed by atoms with van der Waals surface area (Å²) in [7, 11) is 0. The summed E-state index contributed by atoms with van der Waals surface area (Å²) in [5.41, 5.74) is 3.42. The van der Waals surface area contributed by atoms with Crippen LogP contribution in [-0.2, 0) is 0 Å². The Morgan fingerprint density at radius 1 is 1.00 bits per heavy atom. The second-order valence-corrected chi connectivity index (χ2v) is 8.64. The maximum Gasteiger partial charge on any atom is 0.271 e. The van der Waals surface area contributed by atoms with E-state index in [4.69, 9.17) is 16.6 Å². The molecule has 1 unspecified atom stereocenters. The van der Waals surface area contributed by atoms with E-state index in [9.17, 15) is 9.90 Å². The molecular weight excluding hydrogens is 428 g/mol. The highest BCUT2D eigenvalue weighted by molar-refractivity contribution is 7.07. The Morgan fingerprint density at radius 3 is 2.52 bits per heavy atom. The molecule has 1 aliphatic heterocycles. The van der Waals surface area contributed by atoms with Crippen molar-refractivity contribution in [2.75, 3.05) is 0 Å². The summed E-state index contributed by atoms with van der Waals surface area (Å²) in [6.07, 6.45) is 3.80. The first-order chi connectivity index (χ1) is 15.1. The Balaban J connectivity index is 1.73. The van der Waals surface area contributed by atoms with Crippen LogP contribution in [0.4, 0.5) is 0 Å². The molecule has 3 aromatic carbocycles. The third-order valence-electron chi connectivity index (χ3n) is 5.10. The van der Waals surface area contributed by atoms with Crippen molar-refractivity contribution in [2.45, 2.75) is 6.04 Å². The number of hydrogen-bond acceptors (Lipinski definition) is 4. The lowest BCUT2D eigenvalue weighted by molar-refractivity contribution is 0.475. The van der Waals surface area contributed by atoms with Gasteiger partial charge >= 0.3 is 0 Å². The molecule has 0 saturated heterocycles. The standard InChI is InChI=1S/C25H17ClN2O2S/c26-19-11-9-18(10-12-19)22-15-21(17-6-2-1-3-7-17)27-25-28(22)24(30)23(31-25)14-16-5-4-8-20(29)13-16/h1-15,22,29H. The van der Waals surface area contributed by atoms with Gasteiger partial charge in [-0.05, 0) is 53.1 Å². The van der Waals surface area contributed by atoms with Crippen LogP contribution in [0.2, 0.25) is 5.02 Å². The number of thiazole rings is 1. The van der Waals surface area contributed by atoms with E-state index < -0.39 is 0 Å². The molecule has 1 aromatic heterocycles. The van der Waals surface area contributed by atoms with Crippen LogP contribution in [0.1, 0.15) is 22.7 Å². The van der Waals surface area contributed by atoms with Gasteiger partial charge in [0.15, 0.2) is 4.80 Å². The second kappa shape index (κ2) is 8.02. The van der Waals surface area contributed by atoms with Crippen LogP contribution in [0.15, 0.2) is 94.7 Å². The molecule has 1 N–H and O–H groups in total. The number of phenolic OH excluding ortho intramolecular Hbond substituents is 1. The van der Waals surface area contributed by atoms with Gasteiger partial charge < -0.3 is 5.11 Å². The largest absolute Gasteiger partial charge is 0.508 e. The van der Waals surface area contributed by atoms with Gasteiger partial charge in [-0.25, -0.2) is 4.99 Å². The fraction of sp³-hybridized carbons (Fsp3) is 0.0400. The first kappa shape index (κ1) is 19.5. The Bertz CT molecular complexity index is 1470. The van der Waals surface area contributed by atoms with E-state index in [1.807, 2.05) is 66.7 Å². The number of nitrogens with zero attached hydrogens (tertiary/aromatic N) is 2. The van der Waals surface area contributed by atoms with Gasteiger partial charge in [-0.15, -0.1) is 0 Å². The summed E-state index contributed by atoms with van der Waals surface area (Å²) in [5, 5.41) is 10.4. The molecule has 0 amide bonds. The van der Waals surface area contributed by atoms with Gasteiger partial charge in [-0.3, -0.25) is 9.36 Å². The number of rotatable bonds is 3. The Labute approximate surface area is 187 Å². The second-order valence-electron chi connectivity index (χ2n) is 7.19. The summed E-state index contributed by atoms with van der Waals surface area (Å²) in [5.74, 6) is 0.159. The summed E-state index contributed by atoms with van der Waals surface area (Å²) in [4.78, 5) is 18.8. The zero-order valence-corrected chi connectivity index (χ0v) is 17.8. The molecule has 4 nitrogen and oxygen atoms in total. The van der Waals surface area contributed by atoms with Gasteiger partial charge in [-0.1, -0.05) is 77.5 Å². The smallest absolute Gasteiger partial charge is 0.271 e. The molecule has 0 fully saturated rings. The SMILES string of the molecule is O=c1c(=Cc2cccc(O)c2)sc2n1C(c1ccc(Cl)cc1)C=C(c1ccccc1)N=2. The number of hydrogen-bond donors (Lipinski definition) is 1. The van der Waals surface area contributed by atoms with Crippen molar-refractivity contribution in [3.63, 3.8) is 0 Å². The zero-order valence-electron chi connectivity index (χ0n) is 16.3. The van der Waals surface area contributed by atoms with Crippen LogP contribution in [0, 0.1) is 0 Å². The molecule has 0 radical (unpaired) electrons. The van der Waals surface area contributed by atoms with Crippen LogP contribution >= 0.6 is 22.9 Å². The van der Waals surface area contributed by atoms with E-state index in [2.05, 4.69) is 0 Å². The van der Waals surface area contributed by atoms with Crippen molar-refractivity contribution in [3.05, 3.63) is 126 Å². The molecular formula is C25H17ClN2O2S. The molecule has 31 heavy (non-hydrogen) atoms. The molecule has 6 heteroatoms.